The van der Waals surface area contributed by atoms with Gasteiger partial charge >= 0.3 is 0 Å². The summed E-state index contributed by atoms with van der Waals surface area (Å²) in [6.07, 6.45) is 15.4. The lowest BCUT2D eigenvalue weighted by molar-refractivity contribution is 1.08. The van der Waals surface area contributed by atoms with Crippen molar-refractivity contribution in [2.24, 2.45) is 0 Å². The molecule has 0 amide bonds. The third-order valence-corrected chi connectivity index (χ3v) is 5.32. The van der Waals surface area contributed by atoms with Crippen molar-refractivity contribution in [2.45, 2.75) is 6.42 Å². The third kappa shape index (κ3) is 3.53. The number of nitrogens with zero attached hydrogens (tertiary/aromatic N) is 3. The highest BCUT2D eigenvalue weighted by molar-refractivity contribution is 6.34. The summed E-state index contributed by atoms with van der Waals surface area (Å²) in [6.45, 7) is 0. The molecule has 0 bridgehead atoms. The van der Waals surface area contributed by atoms with Crippen molar-refractivity contribution < 1.29 is 0 Å². The number of allylic oxidation sites excluding steroid dienone is 8. The van der Waals surface area contributed by atoms with Gasteiger partial charge in [0.2, 0.25) is 0 Å². The van der Waals surface area contributed by atoms with Gasteiger partial charge in [-0.15, -0.1) is 0 Å². The molecule has 0 N–H and O–H groups in total. The van der Waals surface area contributed by atoms with Crippen molar-refractivity contribution in [3.63, 3.8) is 0 Å². The van der Waals surface area contributed by atoms with Crippen LogP contribution >= 0.6 is 11.6 Å². The van der Waals surface area contributed by atoms with Gasteiger partial charge in [-0.2, -0.15) is 0 Å². The largest absolute Gasteiger partial charge is 0.301 e. The lowest BCUT2D eigenvalue weighted by Crippen LogP contribution is -1.93. The minimum Gasteiger partial charge on any atom is -0.301 e. The quantitative estimate of drug-likeness (QED) is 0.469. The van der Waals surface area contributed by atoms with Crippen LogP contribution in [0.25, 0.3) is 22.3 Å². The maximum atomic E-state index is 6.53. The van der Waals surface area contributed by atoms with Crippen LogP contribution in [0, 0.1) is 0 Å². The molecule has 140 valence electrons. The van der Waals surface area contributed by atoms with E-state index in [-0.39, 0.29) is 0 Å². The summed E-state index contributed by atoms with van der Waals surface area (Å²) in [6, 6.07) is 18.2. The van der Waals surface area contributed by atoms with Crippen LogP contribution in [0.3, 0.4) is 0 Å². The molecule has 3 aromatic rings. The van der Waals surface area contributed by atoms with Crippen molar-refractivity contribution in [1.82, 2.24) is 14.5 Å². The molecule has 0 spiro atoms. The summed E-state index contributed by atoms with van der Waals surface area (Å²) in [4.78, 5) is 8.79. The highest BCUT2D eigenvalue weighted by atomic mass is 35.5. The zero-order valence-corrected chi connectivity index (χ0v) is 16.4. The van der Waals surface area contributed by atoms with Crippen LogP contribution in [0.2, 0.25) is 5.15 Å². The molecule has 2 heterocycles. The number of fused-ring (bicyclic) bond motifs is 2. The van der Waals surface area contributed by atoms with E-state index in [9.17, 15) is 0 Å². The molecule has 1 aromatic carbocycles. The number of hydrogen-bond acceptors (Lipinski definition) is 2. The monoisotopic (exact) mass is 395 g/mol. The van der Waals surface area contributed by atoms with E-state index in [0.717, 1.165) is 34.3 Å². The minimum atomic E-state index is 0.457. The summed E-state index contributed by atoms with van der Waals surface area (Å²) < 4.78 is 2.07. The third-order valence-electron chi connectivity index (χ3n) is 5.03. The zero-order chi connectivity index (χ0) is 19.6. The van der Waals surface area contributed by atoms with E-state index in [1.54, 1.807) is 0 Å². The molecule has 0 radical (unpaired) electrons. The number of halogens is 1. The molecule has 0 unspecified atom stereocenters. The van der Waals surface area contributed by atoms with Crippen LogP contribution in [0.5, 0.6) is 0 Å². The molecule has 29 heavy (non-hydrogen) atoms. The van der Waals surface area contributed by atoms with Crippen LogP contribution in [-0.4, -0.2) is 14.5 Å². The van der Waals surface area contributed by atoms with Crippen molar-refractivity contribution >= 4 is 28.2 Å². The number of hydrogen-bond donors (Lipinski definition) is 0. The fraction of sp³-hybridized carbons (Fsp3) is 0.0400. The lowest BCUT2D eigenvalue weighted by atomic mass is 10.0. The highest BCUT2D eigenvalue weighted by Gasteiger charge is 2.21. The molecule has 2 aliphatic carbocycles. The molecule has 5 rings (SSSR count). The Balaban J connectivity index is 1.74. The summed E-state index contributed by atoms with van der Waals surface area (Å²) in [5.41, 5.74) is 6.68. The van der Waals surface area contributed by atoms with Gasteiger partial charge in [-0.05, 0) is 35.3 Å². The van der Waals surface area contributed by atoms with E-state index < -0.39 is 0 Å². The minimum absolute atomic E-state index is 0.457. The Bertz CT molecular complexity index is 1270. The molecule has 0 atom stereocenters. The van der Waals surface area contributed by atoms with Crippen LogP contribution in [0.1, 0.15) is 12.0 Å². The second-order valence-corrected chi connectivity index (χ2v) is 7.28. The van der Waals surface area contributed by atoms with Gasteiger partial charge in [0.05, 0.1) is 5.39 Å². The van der Waals surface area contributed by atoms with E-state index in [1.165, 1.54) is 17.5 Å². The summed E-state index contributed by atoms with van der Waals surface area (Å²) in [5.74, 6) is 0. The molecule has 2 aliphatic rings. The number of rotatable bonds is 2. The van der Waals surface area contributed by atoms with E-state index in [1.807, 2.05) is 42.5 Å². The van der Waals surface area contributed by atoms with Gasteiger partial charge in [-0.3, -0.25) is 0 Å². The molecular weight excluding hydrogens is 378 g/mol. The first-order valence-corrected chi connectivity index (χ1v) is 9.88. The van der Waals surface area contributed by atoms with Crippen LogP contribution in [0.4, 0.5) is 0 Å². The second kappa shape index (κ2) is 7.53. The normalized spacial score (nSPS) is 21.2. The maximum absolute atomic E-state index is 6.53. The number of aromatic nitrogens is 3. The predicted molar refractivity (Wildman–Crippen MR) is 119 cm³/mol. The smallest absolute Gasteiger partial charge is 0.150 e. The predicted octanol–water partition coefficient (Wildman–Crippen LogP) is 6.41. The molecule has 0 saturated heterocycles. The Kier molecular flexibility index (Phi) is 4.59. The van der Waals surface area contributed by atoms with Gasteiger partial charge < -0.3 is 4.57 Å². The van der Waals surface area contributed by atoms with Gasteiger partial charge in [-0.25, -0.2) is 9.97 Å². The maximum Gasteiger partial charge on any atom is 0.150 e. The van der Waals surface area contributed by atoms with E-state index >= 15 is 0 Å². The van der Waals surface area contributed by atoms with Gasteiger partial charge in [-0.1, -0.05) is 84.4 Å². The SMILES string of the molecule is Clc1ncnc2c1c(C1=C/C=C3/C/C3=C/C=C\1)cn2-c1ccccccccc1. The van der Waals surface area contributed by atoms with E-state index in [0.29, 0.717) is 5.15 Å². The van der Waals surface area contributed by atoms with E-state index in [2.05, 4.69) is 63.2 Å². The second-order valence-electron chi connectivity index (χ2n) is 6.92. The summed E-state index contributed by atoms with van der Waals surface area (Å²) in [5, 5.41) is 1.31. The fourth-order valence-electron chi connectivity index (χ4n) is 3.47. The Hall–Kier alpha value is -3.43. The topological polar surface area (TPSA) is 30.7 Å². The van der Waals surface area contributed by atoms with Crippen LogP contribution in [-0.2, 0) is 0 Å². The first kappa shape index (κ1) is 17.7. The lowest BCUT2D eigenvalue weighted by Gasteiger charge is -2.02. The van der Waals surface area contributed by atoms with Crippen molar-refractivity contribution in [3.8, 4) is 5.69 Å². The first-order valence-electron chi connectivity index (χ1n) is 9.50. The molecule has 2 aromatic heterocycles. The molecule has 1 fully saturated rings. The molecule has 1 saturated carbocycles. The Morgan fingerprint density at radius 1 is 0.828 bits per heavy atom. The van der Waals surface area contributed by atoms with Gasteiger partial charge in [0, 0.05) is 17.4 Å². The molecule has 0 aliphatic heterocycles. The van der Waals surface area contributed by atoms with Crippen molar-refractivity contribution in [2.75, 3.05) is 0 Å². The summed E-state index contributed by atoms with van der Waals surface area (Å²) in [7, 11) is 0. The Labute approximate surface area is 174 Å². The Morgan fingerprint density at radius 2 is 1.55 bits per heavy atom. The van der Waals surface area contributed by atoms with Gasteiger partial charge in [0.1, 0.15) is 17.1 Å². The molecule has 3 nitrogen and oxygen atoms in total. The van der Waals surface area contributed by atoms with Gasteiger partial charge in [0.25, 0.3) is 0 Å². The fourth-order valence-corrected chi connectivity index (χ4v) is 3.70. The standard InChI is InChI=1S/C25H18ClN3/c26-24-23-22(18-9-8-10-19-15-20(19)14-13-18)16-29(25(23)28-17-27-24)21-11-6-4-2-1-3-5-7-12-21/h1-14,16-17H,15H2/b2-1?,3-1?,4-2?,5-3?,6-4?,7-5?,9-8-,10-8?,11-6?,12-7?,14-13?,18-9?,18-13+,19-10-,20-14-,21-11?,21-12?. The van der Waals surface area contributed by atoms with Crippen molar-refractivity contribution in [3.05, 3.63) is 119 Å². The average Bonchev–Trinajstić information content (AvgIpc) is 3.33. The zero-order valence-electron chi connectivity index (χ0n) is 15.7. The van der Waals surface area contributed by atoms with Crippen molar-refractivity contribution in [1.29, 1.82) is 0 Å². The first-order chi connectivity index (χ1) is 14.3. The molecular formula is C25H18ClN3. The average molecular weight is 396 g/mol. The highest BCUT2D eigenvalue weighted by Crippen LogP contribution is 2.39. The van der Waals surface area contributed by atoms with Crippen LogP contribution in [0.15, 0.2) is 109 Å². The Morgan fingerprint density at radius 3 is 2.34 bits per heavy atom. The summed E-state index contributed by atoms with van der Waals surface area (Å²) >= 11 is 6.53. The van der Waals surface area contributed by atoms with E-state index in [4.69, 9.17) is 11.6 Å². The van der Waals surface area contributed by atoms with Crippen LogP contribution < -0.4 is 0 Å². The molecule has 4 heteroatoms. The van der Waals surface area contributed by atoms with Gasteiger partial charge in [0.15, 0.2) is 0 Å².